The molecule has 0 bridgehead atoms. The number of aliphatic carboxylic acids is 2. The number of nitrogens with zero attached hydrogens (tertiary/aromatic N) is 1. The summed E-state index contributed by atoms with van der Waals surface area (Å²) in [4.78, 5) is 23.4. The van der Waals surface area contributed by atoms with Crippen molar-refractivity contribution in [1.82, 2.24) is 0 Å². The Hall–Kier alpha value is -2.49. The molecule has 0 heterocycles. The molecule has 0 unspecified atom stereocenters. The Kier molecular flexibility index (Phi) is 8.55. The van der Waals surface area contributed by atoms with Crippen LogP contribution < -0.4 is 5.73 Å². The van der Waals surface area contributed by atoms with Crippen molar-refractivity contribution in [2.75, 3.05) is 13.2 Å². The molecule has 1 aromatic rings. The van der Waals surface area contributed by atoms with Crippen LogP contribution >= 0.6 is 0 Å². The predicted molar refractivity (Wildman–Crippen MR) is 114 cm³/mol. The number of oxime groups is 1. The molecule has 31 heavy (non-hydrogen) atoms. The second kappa shape index (κ2) is 10.7. The van der Waals surface area contributed by atoms with E-state index >= 15 is 0 Å². The normalized spacial score (nSPS) is 29.7. The van der Waals surface area contributed by atoms with Crippen molar-refractivity contribution >= 4 is 18.2 Å². The summed E-state index contributed by atoms with van der Waals surface area (Å²) in [6, 6.07) is 8.13. The maximum atomic E-state index is 11.4. The monoisotopic (exact) mass is 436 g/mol. The minimum atomic E-state index is -1.82. The van der Waals surface area contributed by atoms with Gasteiger partial charge in [-0.3, -0.25) is 0 Å². The molecule has 0 spiro atoms. The fourth-order valence-corrected chi connectivity index (χ4v) is 4.77. The van der Waals surface area contributed by atoms with Crippen LogP contribution in [-0.2, 0) is 21.0 Å². The summed E-state index contributed by atoms with van der Waals surface area (Å²) in [5, 5.41) is 39.7. The zero-order valence-corrected chi connectivity index (χ0v) is 17.7. The first-order chi connectivity index (χ1) is 14.7. The molecule has 4 atom stereocenters. The third-order valence-electron chi connectivity index (χ3n) is 6.66. The Morgan fingerprint density at radius 2 is 1.97 bits per heavy atom. The Morgan fingerprint density at radius 3 is 2.58 bits per heavy atom. The second-order valence-electron chi connectivity index (χ2n) is 8.42. The van der Waals surface area contributed by atoms with Crippen molar-refractivity contribution in [2.24, 2.45) is 22.2 Å². The third kappa shape index (κ3) is 5.81. The van der Waals surface area contributed by atoms with Crippen LogP contribution in [0, 0.1) is 11.3 Å². The van der Waals surface area contributed by atoms with E-state index in [9.17, 15) is 10.2 Å². The van der Waals surface area contributed by atoms with Gasteiger partial charge in [0.05, 0.1) is 12.2 Å². The molecule has 0 saturated heterocycles. The maximum absolute atomic E-state index is 11.4. The number of aliphatic hydroxyl groups excluding tert-OH is 1. The van der Waals surface area contributed by atoms with Crippen molar-refractivity contribution < 1.29 is 34.9 Å². The van der Waals surface area contributed by atoms with Gasteiger partial charge in [0.25, 0.3) is 0 Å². The van der Waals surface area contributed by atoms with Gasteiger partial charge in [-0.1, -0.05) is 36.3 Å². The summed E-state index contributed by atoms with van der Waals surface area (Å²) in [6.45, 7) is 3.13. The van der Waals surface area contributed by atoms with Crippen molar-refractivity contribution in [3.8, 4) is 0 Å². The van der Waals surface area contributed by atoms with Crippen LogP contribution in [0.5, 0.6) is 0 Å². The van der Waals surface area contributed by atoms with Crippen LogP contribution in [0.4, 0.5) is 0 Å². The minimum Gasteiger partial charge on any atom is -0.473 e. The fourth-order valence-electron chi connectivity index (χ4n) is 4.77. The highest BCUT2D eigenvalue weighted by Crippen LogP contribution is 2.60. The molecule has 0 aliphatic heterocycles. The highest BCUT2D eigenvalue weighted by Gasteiger charge is 2.58. The minimum absolute atomic E-state index is 0.0594. The molecule has 3 rings (SSSR count). The van der Waals surface area contributed by atoms with Gasteiger partial charge in [0.2, 0.25) is 0 Å². The first-order valence-corrected chi connectivity index (χ1v) is 10.4. The molecular formula is C22H32N2O7. The van der Waals surface area contributed by atoms with Crippen molar-refractivity contribution in [3.05, 3.63) is 35.4 Å². The maximum Gasteiger partial charge on any atom is 0.414 e. The molecular weight excluding hydrogens is 404 g/mol. The zero-order valence-electron chi connectivity index (χ0n) is 17.7. The Balaban J connectivity index is 0.000000501. The average Bonchev–Trinajstić information content (AvgIpc) is 3.01. The molecule has 2 aliphatic rings. The number of hydrogen-bond acceptors (Lipinski definition) is 7. The third-order valence-corrected chi connectivity index (χ3v) is 6.66. The number of rotatable bonds is 6. The van der Waals surface area contributed by atoms with Gasteiger partial charge < -0.3 is 31.0 Å². The van der Waals surface area contributed by atoms with Gasteiger partial charge in [0, 0.05) is 24.1 Å². The molecule has 0 amide bonds. The van der Waals surface area contributed by atoms with E-state index in [1.807, 2.05) is 18.3 Å². The summed E-state index contributed by atoms with van der Waals surface area (Å²) in [5.41, 5.74) is 6.75. The number of carbonyl (C=O) groups is 2. The zero-order chi connectivity index (χ0) is 23.1. The average molecular weight is 437 g/mol. The smallest absolute Gasteiger partial charge is 0.414 e. The Labute approximate surface area is 181 Å². The summed E-state index contributed by atoms with van der Waals surface area (Å²) >= 11 is 0. The molecule has 6 N–H and O–H groups in total. The summed E-state index contributed by atoms with van der Waals surface area (Å²) in [5.74, 6) is -3.07. The van der Waals surface area contributed by atoms with Crippen LogP contribution in [0.25, 0.3) is 0 Å². The van der Waals surface area contributed by atoms with E-state index in [1.54, 1.807) is 0 Å². The van der Waals surface area contributed by atoms with Gasteiger partial charge in [0.15, 0.2) is 0 Å². The van der Waals surface area contributed by atoms with E-state index < -0.39 is 17.5 Å². The van der Waals surface area contributed by atoms with Gasteiger partial charge in [-0.05, 0) is 49.1 Å². The number of benzene rings is 1. The number of aliphatic hydroxyl groups is 2. The van der Waals surface area contributed by atoms with Crippen LogP contribution in [0.3, 0.4) is 0 Å². The number of carboxylic acids is 2. The van der Waals surface area contributed by atoms with E-state index in [2.05, 4.69) is 24.2 Å². The lowest BCUT2D eigenvalue weighted by Crippen LogP contribution is -2.49. The molecule has 172 valence electrons. The van der Waals surface area contributed by atoms with E-state index in [1.165, 1.54) is 5.56 Å². The number of nitrogens with two attached hydrogens (primary N) is 1. The van der Waals surface area contributed by atoms with Crippen molar-refractivity contribution in [3.63, 3.8) is 0 Å². The van der Waals surface area contributed by atoms with Crippen molar-refractivity contribution in [1.29, 1.82) is 0 Å². The predicted octanol–water partition coefficient (Wildman–Crippen LogP) is 1.71. The first kappa shape index (κ1) is 24.8. The van der Waals surface area contributed by atoms with Gasteiger partial charge in [-0.2, -0.15) is 0 Å². The van der Waals surface area contributed by atoms with Crippen LogP contribution in [0.2, 0.25) is 0 Å². The van der Waals surface area contributed by atoms with Gasteiger partial charge in [0.1, 0.15) is 6.61 Å². The Morgan fingerprint density at radius 1 is 1.26 bits per heavy atom. The summed E-state index contributed by atoms with van der Waals surface area (Å²) < 4.78 is 0. The summed E-state index contributed by atoms with van der Waals surface area (Å²) in [6.07, 6.45) is 6.39. The molecule has 1 aromatic carbocycles. The molecule has 9 heteroatoms. The van der Waals surface area contributed by atoms with Crippen LogP contribution in [0.15, 0.2) is 29.4 Å². The van der Waals surface area contributed by atoms with Crippen LogP contribution in [0.1, 0.15) is 56.1 Å². The lowest BCUT2D eigenvalue weighted by atomic mass is 9.59. The van der Waals surface area contributed by atoms with E-state index in [4.69, 9.17) is 30.4 Å². The number of hydrogen-bond donors (Lipinski definition) is 5. The van der Waals surface area contributed by atoms with Gasteiger partial charge in [-0.25, -0.2) is 9.59 Å². The van der Waals surface area contributed by atoms with Gasteiger partial charge >= 0.3 is 11.9 Å². The lowest BCUT2D eigenvalue weighted by molar-refractivity contribution is -0.159. The Bertz CT molecular complexity index is 788. The molecule has 2 saturated carbocycles. The highest BCUT2D eigenvalue weighted by molar-refractivity contribution is 6.27. The number of fused-ring (bicyclic) bond motifs is 1. The standard InChI is InChI=1S/C20H30N2O3.C2H2O4/c1-19-7-5-17(16-4-2-3-15(11-16)14-23)12-20(19,24)8-6-18(19)13-22-25-10-9-21;3-1(4)2(5)6/h2-4,11,13,17-18,23-24H,5-10,12,14,21H2,1H3;(H,3,4)(H,5,6)/b22-13+;/t17-,18+,19+,20-;/m0./s1. The second-order valence-corrected chi connectivity index (χ2v) is 8.42. The highest BCUT2D eigenvalue weighted by atomic mass is 16.6. The SMILES string of the molecule is C[C@]12CC[C@H](c3cccc(CO)c3)C[C@@]1(O)CC[C@@H]2/C=N/OCCN.O=C(O)C(=O)O. The topological polar surface area (TPSA) is 163 Å². The summed E-state index contributed by atoms with van der Waals surface area (Å²) in [7, 11) is 0. The number of carboxylic acid groups (broad SMARTS) is 2. The molecule has 0 radical (unpaired) electrons. The van der Waals surface area contributed by atoms with E-state index in [-0.39, 0.29) is 17.9 Å². The molecule has 2 fully saturated rings. The van der Waals surface area contributed by atoms with E-state index in [0.29, 0.717) is 19.1 Å². The quantitative estimate of drug-likeness (QED) is 0.195. The molecule has 0 aromatic heterocycles. The van der Waals surface area contributed by atoms with Crippen molar-refractivity contribution in [2.45, 2.75) is 57.2 Å². The molecule has 9 nitrogen and oxygen atoms in total. The first-order valence-electron chi connectivity index (χ1n) is 10.4. The van der Waals surface area contributed by atoms with Crippen LogP contribution in [-0.4, -0.2) is 57.3 Å². The lowest BCUT2D eigenvalue weighted by Gasteiger charge is -2.48. The molecule has 2 aliphatic carbocycles. The van der Waals surface area contributed by atoms with Gasteiger partial charge in [-0.15, -0.1) is 0 Å². The fraction of sp³-hybridized carbons (Fsp3) is 0.591. The largest absolute Gasteiger partial charge is 0.473 e. The van der Waals surface area contributed by atoms with E-state index in [0.717, 1.165) is 37.7 Å².